The van der Waals surface area contributed by atoms with Crippen molar-refractivity contribution in [1.82, 2.24) is 9.13 Å². The number of rotatable bonds is 8. The van der Waals surface area contributed by atoms with Crippen molar-refractivity contribution in [2.45, 2.75) is 52.4 Å². The van der Waals surface area contributed by atoms with E-state index >= 15 is 0 Å². The molecular weight excluding hydrogens is 974 g/mol. The van der Waals surface area contributed by atoms with Crippen molar-refractivity contribution in [2.75, 3.05) is 4.90 Å². The second-order valence-electron chi connectivity index (χ2n) is 23.0. The lowest BCUT2D eigenvalue weighted by Crippen LogP contribution is -2.59. The van der Waals surface area contributed by atoms with Crippen molar-refractivity contribution in [2.24, 2.45) is 0 Å². The topological polar surface area (TPSA) is 35.5 Å². The van der Waals surface area contributed by atoms with E-state index in [-0.39, 0.29) is 12.1 Å². The van der Waals surface area contributed by atoms with Crippen molar-refractivity contribution in [3.63, 3.8) is 0 Å². The smallest absolute Gasteiger partial charge is 0.256 e. The quantitative estimate of drug-likeness (QED) is 0.142. The van der Waals surface area contributed by atoms with Crippen LogP contribution < -0.4 is 26.0 Å². The molecule has 0 amide bonds. The number of fused-ring (bicyclic) bond motifs is 13. The molecule has 80 heavy (non-hydrogen) atoms. The maximum Gasteiger partial charge on any atom is 0.256 e. The summed E-state index contributed by atoms with van der Waals surface area (Å²) in [6.45, 7) is 9.13. The van der Waals surface area contributed by atoms with E-state index in [1.807, 2.05) is 0 Å². The third-order valence-corrected chi connectivity index (χ3v) is 17.3. The van der Waals surface area contributed by atoms with Crippen LogP contribution >= 0.6 is 0 Å². The van der Waals surface area contributed by atoms with Gasteiger partial charge in [0.05, 0.1) is 27.8 Å². The largest absolute Gasteiger partial charge is 0.458 e. The van der Waals surface area contributed by atoms with Crippen molar-refractivity contribution in [1.29, 1.82) is 0 Å². The van der Waals surface area contributed by atoms with Gasteiger partial charge in [0.1, 0.15) is 22.7 Å². The van der Waals surface area contributed by atoms with Crippen molar-refractivity contribution >= 4 is 106 Å². The fraction of sp³-hybridized carbons (Fsp3) is 0.108. The highest BCUT2D eigenvalue weighted by Crippen LogP contribution is 2.48. The van der Waals surface area contributed by atoms with Gasteiger partial charge in [-0.3, -0.25) is 0 Å². The number of aryl methyl sites for hydroxylation is 1. The van der Waals surface area contributed by atoms with E-state index in [1.165, 1.54) is 88.0 Å². The SMILES string of the molecule is CCCCc1c(N2c3cc(-n4c5ccccc5c5cc(-c6ccccc6)ccc54)ccc3B3c4ccc(-n5c6ccccc6c6cc(-c7ccccc7)ccc65)cc4Oc4cc(C(C)(C)C)cc2c43)ccc2oc3ccccc3c12. The lowest BCUT2D eigenvalue weighted by molar-refractivity contribution is 0.483. The number of hydrogen-bond acceptors (Lipinski definition) is 3. The molecule has 2 aliphatic heterocycles. The molecule has 0 unspecified atom stereocenters. The lowest BCUT2D eigenvalue weighted by Gasteiger charge is -2.42. The molecule has 6 heteroatoms. The van der Waals surface area contributed by atoms with Crippen LogP contribution in [0.15, 0.2) is 235 Å². The Morgan fingerprint density at radius 3 is 1.64 bits per heavy atom. The third-order valence-electron chi connectivity index (χ3n) is 17.3. The van der Waals surface area contributed by atoms with E-state index in [1.54, 1.807) is 0 Å². The molecule has 382 valence electrons. The molecule has 0 aliphatic carbocycles. The summed E-state index contributed by atoms with van der Waals surface area (Å²) in [4.78, 5) is 2.60. The molecular formula is C74H56BN3O2. The Bertz CT molecular complexity index is 4850. The number of ether oxygens (including phenoxy) is 1. The number of para-hydroxylation sites is 3. The molecule has 11 aromatic carbocycles. The zero-order valence-corrected chi connectivity index (χ0v) is 45.3. The standard InChI is InChI=1S/C74H56BN3O2/c1-5-6-23-55-63(38-39-69-72(55)56-26-15-18-29-68(56)79-69)78-66-44-51(76-61-27-16-13-24-53(61)57-40-48(30-36-64(57)76)46-19-9-7-10-20-46)32-34-59(66)75-60-35-33-52(45-70(60)80-71-43-50(74(2,3)4)42-67(78)73(71)75)77-62-28-17-14-25-54(62)58-41-49(31-37-65(58)77)47-21-11-8-12-22-47/h7-22,24-45H,5-6,23H2,1-4H3. The van der Waals surface area contributed by atoms with Crippen molar-refractivity contribution < 1.29 is 9.15 Å². The number of benzene rings is 11. The molecule has 0 fully saturated rings. The fourth-order valence-electron chi connectivity index (χ4n) is 13.5. The van der Waals surface area contributed by atoms with Gasteiger partial charge in [-0.05, 0) is 153 Å². The monoisotopic (exact) mass is 1030 g/mol. The summed E-state index contributed by atoms with van der Waals surface area (Å²) in [7, 11) is 0. The van der Waals surface area contributed by atoms with Crippen molar-refractivity contribution in [3.05, 3.63) is 242 Å². The van der Waals surface area contributed by atoms with Gasteiger partial charge in [0.25, 0.3) is 6.71 Å². The van der Waals surface area contributed by atoms with E-state index in [0.717, 1.165) is 86.6 Å². The predicted octanol–water partition coefficient (Wildman–Crippen LogP) is 18.2. The Balaban J connectivity index is 0.951. The molecule has 5 heterocycles. The highest BCUT2D eigenvalue weighted by molar-refractivity contribution is 6.99. The van der Waals surface area contributed by atoms with Crippen LogP contribution in [0.5, 0.6) is 11.5 Å². The second kappa shape index (κ2) is 17.8. The van der Waals surface area contributed by atoms with Gasteiger partial charge in [0.2, 0.25) is 0 Å². The lowest BCUT2D eigenvalue weighted by atomic mass is 9.34. The Hall–Kier alpha value is -9.52. The molecule has 16 rings (SSSR count). The van der Waals surface area contributed by atoms with Gasteiger partial charge < -0.3 is 23.2 Å². The first kappa shape index (κ1) is 46.6. The van der Waals surface area contributed by atoms with Crippen LogP contribution in [-0.4, -0.2) is 15.8 Å². The number of furan rings is 1. The number of anilines is 3. The Kier molecular flexibility index (Phi) is 10.3. The molecule has 0 saturated carbocycles. The Labute approximate surface area is 465 Å². The minimum Gasteiger partial charge on any atom is -0.458 e. The highest BCUT2D eigenvalue weighted by atomic mass is 16.5. The van der Waals surface area contributed by atoms with E-state index < -0.39 is 0 Å². The molecule has 0 radical (unpaired) electrons. The summed E-state index contributed by atoms with van der Waals surface area (Å²) in [6, 6.07) is 85.1. The second-order valence-corrected chi connectivity index (χ2v) is 23.0. The van der Waals surface area contributed by atoms with Gasteiger partial charge in [-0.1, -0.05) is 174 Å². The average Bonchev–Trinajstić information content (AvgIpc) is 3.95. The number of hydrogen-bond donors (Lipinski definition) is 0. The minimum absolute atomic E-state index is 0.122. The minimum atomic E-state index is -0.195. The molecule has 0 N–H and O–H groups in total. The van der Waals surface area contributed by atoms with Crippen LogP contribution in [0.3, 0.4) is 0 Å². The van der Waals surface area contributed by atoms with Crippen LogP contribution in [0.1, 0.15) is 51.7 Å². The molecule has 0 atom stereocenters. The highest BCUT2D eigenvalue weighted by Gasteiger charge is 2.44. The first-order valence-corrected chi connectivity index (χ1v) is 28.3. The molecule has 5 nitrogen and oxygen atoms in total. The van der Waals surface area contributed by atoms with Gasteiger partial charge in [-0.2, -0.15) is 0 Å². The van der Waals surface area contributed by atoms with Gasteiger partial charge in [-0.15, -0.1) is 0 Å². The van der Waals surface area contributed by atoms with Crippen LogP contribution in [0.2, 0.25) is 0 Å². The first-order valence-electron chi connectivity index (χ1n) is 28.3. The van der Waals surface area contributed by atoms with Crippen molar-refractivity contribution in [3.8, 4) is 45.1 Å². The zero-order chi connectivity index (χ0) is 53.4. The molecule has 3 aromatic heterocycles. The van der Waals surface area contributed by atoms with E-state index in [2.05, 4.69) is 272 Å². The Morgan fingerprint density at radius 2 is 1.00 bits per heavy atom. The summed E-state index contributed by atoms with van der Waals surface area (Å²) in [5.74, 6) is 1.77. The maximum absolute atomic E-state index is 7.47. The van der Waals surface area contributed by atoms with Gasteiger partial charge in [-0.25, -0.2) is 0 Å². The number of aromatic nitrogens is 2. The van der Waals surface area contributed by atoms with Gasteiger partial charge in [0, 0.05) is 61.1 Å². The first-order chi connectivity index (χ1) is 39.3. The summed E-state index contributed by atoms with van der Waals surface area (Å²) in [5.41, 5.74) is 22.9. The summed E-state index contributed by atoms with van der Waals surface area (Å²) in [6.07, 6.45) is 3.01. The predicted molar refractivity (Wildman–Crippen MR) is 336 cm³/mol. The third kappa shape index (κ3) is 7.04. The van der Waals surface area contributed by atoms with Crippen LogP contribution in [0.4, 0.5) is 17.1 Å². The molecule has 0 bridgehead atoms. The van der Waals surface area contributed by atoms with Crippen LogP contribution in [0.25, 0.3) is 99.2 Å². The van der Waals surface area contributed by atoms with E-state index in [0.29, 0.717) is 0 Å². The summed E-state index contributed by atoms with van der Waals surface area (Å²) < 4.78 is 19.0. The summed E-state index contributed by atoms with van der Waals surface area (Å²) in [5, 5.41) is 7.25. The normalized spacial score (nSPS) is 12.9. The average molecular weight is 1030 g/mol. The maximum atomic E-state index is 7.47. The molecule has 2 aliphatic rings. The van der Waals surface area contributed by atoms with E-state index in [4.69, 9.17) is 9.15 Å². The van der Waals surface area contributed by atoms with Gasteiger partial charge >= 0.3 is 0 Å². The molecule has 0 spiro atoms. The van der Waals surface area contributed by atoms with Gasteiger partial charge in [0.15, 0.2) is 0 Å². The fourth-order valence-corrected chi connectivity index (χ4v) is 13.5. The zero-order valence-electron chi connectivity index (χ0n) is 45.3. The van der Waals surface area contributed by atoms with Crippen LogP contribution in [0, 0.1) is 0 Å². The number of nitrogens with zero attached hydrogens (tertiary/aromatic N) is 3. The number of unbranched alkanes of at least 4 members (excludes halogenated alkanes) is 1. The van der Waals surface area contributed by atoms with Crippen LogP contribution in [-0.2, 0) is 11.8 Å². The summed E-state index contributed by atoms with van der Waals surface area (Å²) >= 11 is 0. The molecule has 0 saturated heterocycles. The van der Waals surface area contributed by atoms with E-state index in [9.17, 15) is 0 Å². The Morgan fingerprint density at radius 1 is 0.425 bits per heavy atom. The molecule has 14 aromatic rings.